The molecule has 6 nitrogen and oxygen atoms in total. The van der Waals surface area contributed by atoms with Gasteiger partial charge in [0.25, 0.3) is 5.91 Å². The summed E-state index contributed by atoms with van der Waals surface area (Å²) in [6, 6.07) is 17.6. The third-order valence-electron chi connectivity index (χ3n) is 5.79. The maximum Gasteiger partial charge on any atom is 0.298 e. The van der Waals surface area contributed by atoms with Gasteiger partial charge in [0, 0.05) is 36.0 Å². The zero-order chi connectivity index (χ0) is 22.6. The van der Waals surface area contributed by atoms with E-state index < -0.39 is 0 Å². The summed E-state index contributed by atoms with van der Waals surface area (Å²) in [5.74, 6) is 6.56. The molecule has 2 aromatic carbocycles. The van der Waals surface area contributed by atoms with E-state index in [1.807, 2.05) is 53.6 Å². The van der Waals surface area contributed by atoms with Crippen LogP contribution >= 0.6 is 0 Å². The van der Waals surface area contributed by atoms with Gasteiger partial charge in [-0.15, -0.1) is 0 Å². The highest BCUT2D eigenvalue weighted by Crippen LogP contribution is 2.38. The summed E-state index contributed by atoms with van der Waals surface area (Å²) >= 11 is 0. The second-order valence-electron chi connectivity index (χ2n) is 7.85. The Bertz CT molecular complexity index is 1360. The number of hydrogen-bond donors (Lipinski definition) is 0. The van der Waals surface area contributed by atoms with Crippen molar-refractivity contribution in [2.24, 2.45) is 0 Å². The van der Waals surface area contributed by atoms with E-state index >= 15 is 0 Å². The first kappa shape index (κ1) is 20.7. The molecule has 1 aliphatic heterocycles. The van der Waals surface area contributed by atoms with Crippen LogP contribution in [0.2, 0.25) is 0 Å². The number of hydrogen-bond acceptors (Lipinski definition) is 5. The van der Waals surface area contributed by atoms with E-state index in [0.29, 0.717) is 18.2 Å². The van der Waals surface area contributed by atoms with Crippen molar-refractivity contribution in [1.29, 1.82) is 0 Å². The number of aromatic nitrogens is 3. The molecule has 4 aromatic rings. The standard InChI is InChI=1S/C27H22N4O2/c1-2-6-26(32)31-14-5-7-24(31)23-16-20(15-21-17-28-18-30-27(21)23)19-9-11-22(12-10-19)33-25-8-3-4-13-29-25/h3-4,8-13,15-18,24H,5,7,14H2,1H3. The Morgan fingerprint density at radius 3 is 2.76 bits per heavy atom. The van der Waals surface area contributed by atoms with Crippen molar-refractivity contribution in [3.8, 4) is 34.6 Å². The van der Waals surface area contributed by atoms with E-state index in [1.54, 1.807) is 19.4 Å². The maximum atomic E-state index is 12.6. The number of likely N-dealkylation sites (tertiary alicyclic amines) is 1. The minimum Gasteiger partial charge on any atom is -0.439 e. The number of rotatable bonds is 4. The van der Waals surface area contributed by atoms with Crippen LogP contribution in [0, 0.1) is 11.8 Å². The van der Waals surface area contributed by atoms with Gasteiger partial charge in [0.15, 0.2) is 0 Å². The molecule has 6 heteroatoms. The average molecular weight is 434 g/mol. The van der Waals surface area contributed by atoms with Gasteiger partial charge >= 0.3 is 0 Å². The average Bonchev–Trinajstić information content (AvgIpc) is 3.35. The second-order valence-corrected chi connectivity index (χ2v) is 7.85. The summed E-state index contributed by atoms with van der Waals surface area (Å²) in [6.45, 7) is 2.39. The molecule has 0 N–H and O–H groups in total. The number of fused-ring (bicyclic) bond motifs is 1. The topological polar surface area (TPSA) is 68.2 Å². The fourth-order valence-electron chi connectivity index (χ4n) is 4.31. The van der Waals surface area contributed by atoms with Crippen molar-refractivity contribution in [3.63, 3.8) is 0 Å². The monoisotopic (exact) mass is 434 g/mol. The van der Waals surface area contributed by atoms with Gasteiger partial charge < -0.3 is 9.64 Å². The van der Waals surface area contributed by atoms with Crippen molar-refractivity contribution in [3.05, 3.63) is 78.9 Å². The molecule has 0 aliphatic carbocycles. The van der Waals surface area contributed by atoms with E-state index in [1.165, 1.54) is 0 Å². The lowest BCUT2D eigenvalue weighted by Crippen LogP contribution is -2.29. The normalized spacial score (nSPS) is 15.2. The lowest BCUT2D eigenvalue weighted by molar-refractivity contribution is -0.125. The van der Waals surface area contributed by atoms with E-state index in [2.05, 4.69) is 38.9 Å². The fraction of sp³-hybridized carbons (Fsp3) is 0.185. The molecule has 1 atom stereocenters. The van der Waals surface area contributed by atoms with Gasteiger partial charge in [-0.1, -0.05) is 24.1 Å². The molecule has 0 bridgehead atoms. The van der Waals surface area contributed by atoms with Crippen LogP contribution in [0.1, 0.15) is 31.4 Å². The smallest absolute Gasteiger partial charge is 0.298 e. The zero-order valence-corrected chi connectivity index (χ0v) is 18.2. The van der Waals surface area contributed by atoms with Gasteiger partial charge in [-0.05, 0) is 67.1 Å². The van der Waals surface area contributed by atoms with Crippen molar-refractivity contribution in [1.82, 2.24) is 19.9 Å². The Labute approximate surface area is 192 Å². The van der Waals surface area contributed by atoms with Crippen LogP contribution in [0.5, 0.6) is 11.6 Å². The van der Waals surface area contributed by atoms with E-state index in [0.717, 1.165) is 40.4 Å². The molecule has 3 heterocycles. The lowest BCUT2D eigenvalue weighted by Gasteiger charge is -2.24. The SMILES string of the molecule is CC#CC(=O)N1CCCC1c1cc(-c2ccc(Oc3ccccn3)cc2)cc2cncnc12. The number of nitrogens with zero attached hydrogens (tertiary/aromatic N) is 4. The number of carbonyl (C=O) groups is 1. The molecule has 2 aromatic heterocycles. The molecular weight excluding hydrogens is 412 g/mol. The molecule has 33 heavy (non-hydrogen) atoms. The van der Waals surface area contributed by atoms with E-state index in [-0.39, 0.29) is 11.9 Å². The molecule has 0 spiro atoms. The van der Waals surface area contributed by atoms with Crippen molar-refractivity contribution in [2.75, 3.05) is 6.54 Å². The predicted molar refractivity (Wildman–Crippen MR) is 126 cm³/mol. The quantitative estimate of drug-likeness (QED) is 0.415. The summed E-state index contributed by atoms with van der Waals surface area (Å²) < 4.78 is 5.82. The van der Waals surface area contributed by atoms with Crippen LogP contribution in [0.3, 0.4) is 0 Å². The highest BCUT2D eigenvalue weighted by Gasteiger charge is 2.31. The third-order valence-corrected chi connectivity index (χ3v) is 5.79. The molecule has 0 radical (unpaired) electrons. The molecular formula is C27H22N4O2. The first-order valence-electron chi connectivity index (χ1n) is 10.9. The second kappa shape index (κ2) is 9.09. The molecule has 162 valence electrons. The molecule has 1 fully saturated rings. The minimum absolute atomic E-state index is 0.0533. The van der Waals surface area contributed by atoms with E-state index in [9.17, 15) is 4.79 Å². The molecule has 0 saturated carbocycles. The summed E-state index contributed by atoms with van der Waals surface area (Å²) in [5, 5.41) is 0.944. The molecule has 5 rings (SSSR count). The maximum absolute atomic E-state index is 12.6. The summed E-state index contributed by atoms with van der Waals surface area (Å²) in [7, 11) is 0. The number of benzene rings is 2. The van der Waals surface area contributed by atoms with Crippen LogP contribution in [-0.2, 0) is 4.79 Å². The molecule has 1 saturated heterocycles. The lowest BCUT2D eigenvalue weighted by atomic mass is 9.95. The molecule has 1 unspecified atom stereocenters. The highest BCUT2D eigenvalue weighted by atomic mass is 16.5. The summed E-state index contributed by atoms with van der Waals surface area (Å²) in [4.78, 5) is 27.4. The van der Waals surface area contributed by atoms with Crippen LogP contribution < -0.4 is 4.74 Å². The first-order valence-corrected chi connectivity index (χ1v) is 10.9. The number of pyridine rings is 1. The Kier molecular flexibility index (Phi) is 5.69. The summed E-state index contributed by atoms with van der Waals surface area (Å²) in [5.41, 5.74) is 3.98. The van der Waals surface area contributed by atoms with Crippen LogP contribution in [0.25, 0.3) is 22.0 Å². The van der Waals surface area contributed by atoms with Gasteiger partial charge in [-0.2, -0.15) is 0 Å². The largest absolute Gasteiger partial charge is 0.439 e. The predicted octanol–water partition coefficient (Wildman–Crippen LogP) is 5.17. The number of amides is 1. The van der Waals surface area contributed by atoms with Gasteiger partial charge in [-0.25, -0.2) is 15.0 Å². The minimum atomic E-state index is -0.136. The third kappa shape index (κ3) is 4.26. The summed E-state index contributed by atoms with van der Waals surface area (Å²) in [6.07, 6.45) is 6.91. The van der Waals surface area contributed by atoms with Crippen molar-refractivity contribution >= 4 is 16.8 Å². The Hall–Kier alpha value is -4.24. The number of ether oxygens (including phenoxy) is 1. The Morgan fingerprint density at radius 1 is 1.09 bits per heavy atom. The van der Waals surface area contributed by atoms with Crippen molar-refractivity contribution in [2.45, 2.75) is 25.8 Å². The van der Waals surface area contributed by atoms with Crippen LogP contribution in [0.15, 0.2) is 73.3 Å². The number of carbonyl (C=O) groups excluding carboxylic acids is 1. The Morgan fingerprint density at radius 2 is 1.97 bits per heavy atom. The zero-order valence-electron chi connectivity index (χ0n) is 18.2. The van der Waals surface area contributed by atoms with Gasteiger partial charge in [0.1, 0.15) is 12.1 Å². The molecule has 1 amide bonds. The van der Waals surface area contributed by atoms with Gasteiger partial charge in [0.2, 0.25) is 5.88 Å². The first-order chi connectivity index (χ1) is 16.2. The fourth-order valence-corrected chi connectivity index (χ4v) is 4.31. The van der Waals surface area contributed by atoms with Crippen molar-refractivity contribution < 1.29 is 9.53 Å². The molecule has 1 aliphatic rings. The highest BCUT2D eigenvalue weighted by molar-refractivity contribution is 5.95. The van der Waals surface area contributed by atoms with Gasteiger partial charge in [0.05, 0.1) is 11.6 Å². The van der Waals surface area contributed by atoms with Crippen LogP contribution in [-0.4, -0.2) is 32.3 Å². The Balaban J connectivity index is 1.52. The van der Waals surface area contributed by atoms with Gasteiger partial charge in [-0.3, -0.25) is 4.79 Å². The van der Waals surface area contributed by atoms with Crippen LogP contribution in [0.4, 0.5) is 0 Å². The van der Waals surface area contributed by atoms with E-state index in [4.69, 9.17) is 4.74 Å².